The third kappa shape index (κ3) is 3.96. The van der Waals surface area contributed by atoms with E-state index < -0.39 is 8.32 Å². The third-order valence-electron chi connectivity index (χ3n) is 5.42. The molecule has 0 fully saturated rings. The van der Waals surface area contributed by atoms with Gasteiger partial charge in [0.15, 0.2) is 8.32 Å². The Morgan fingerprint density at radius 2 is 1.70 bits per heavy atom. The molecule has 0 N–H and O–H groups in total. The van der Waals surface area contributed by atoms with E-state index in [4.69, 9.17) is 9.16 Å². The van der Waals surface area contributed by atoms with E-state index in [1.807, 2.05) is 0 Å². The van der Waals surface area contributed by atoms with Crippen LogP contribution in [0.5, 0.6) is 0 Å². The summed E-state index contributed by atoms with van der Waals surface area (Å²) in [6.45, 7) is 18.5. The van der Waals surface area contributed by atoms with Crippen LogP contribution in [0.2, 0.25) is 18.1 Å². The average molecular weight is 333 g/mol. The van der Waals surface area contributed by atoms with Gasteiger partial charge in [0, 0.05) is 0 Å². The summed E-state index contributed by atoms with van der Waals surface area (Å²) < 4.78 is 12.8. The Morgan fingerprint density at radius 1 is 1.13 bits per heavy atom. The van der Waals surface area contributed by atoms with Gasteiger partial charge in [0.2, 0.25) is 0 Å². The zero-order chi connectivity index (χ0) is 17.5. The molecule has 1 aliphatic rings. The highest BCUT2D eigenvalue weighted by Crippen LogP contribution is 2.40. The van der Waals surface area contributed by atoms with E-state index in [-0.39, 0.29) is 16.7 Å². The molecule has 0 radical (unpaired) electrons. The van der Waals surface area contributed by atoms with Crippen LogP contribution in [0.1, 0.15) is 45.7 Å². The van der Waals surface area contributed by atoms with Gasteiger partial charge in [-0.2, -0.15) is 0 Å². The fourth-order valence-corrected chi connectivity index (χ4v) is 3.65. The molecule has 0 saturated heterocycles. The standard InChI is InChI=1S/C20H32O2Si/c1-15-9-11-17(12-10-15)20(6)13-16(2)18(22-20)14-21-23(7,8)19(3,4)5/h9-13,18H,14H2,1-8H3/t18-,20-/m1/s1. The topological polar surface area (TPSA) is 18.5 Å². The molecular weight excluding hydrogens is 300 g/mol. The summed E-state index contributed by atoms with van der Waals surface area (Å²) in [6, 6.07) is 8.62. The number of hydrogen-bond acceptors (Lipinski definition) is 2. The molecule has 23 heavy (non-hydrogen) atoms. The maximum atomic E-state index is 6.40. The largest absolute Gasteiger partial charge is 0.414 e. The Balaban J connectivity index is 2.08. The maximum absolute atomic E-state index is 6.40. The minimum Gasteiger partial charge on any atom is -0.414 e. The van der Waals surface area contributed by atoms with Gasteiger partial charge in [-0.25, -0.2) is 0 Å². The molecule has 0 amide bonds. The monoisotopic (exact) mass is 332 g/mol. The summed E-state index contributed by atoms with van der Waals surface area (Å²) in [5, 5.41) is 0.226. The Labute approximate surface area is 143 Å². The zero-order valence-electron chi connectivity index (χ0n) is 16.0. The second-order valence-corrected chi connectivity index (χ2v) is 13.3. The van der Waals surface area contributed by atoms with Crippen molar-refractivity contribution in [2.45, 2.75) is 71.4 Å². The SMILES string of the molecule is CC1=C[C@](C)(c2ccc(C)cc2)O[C@@H]1CO[Si](C)(C)C(C)(C)C. The number of hydrogen-bond donors (Lipinski definition) is 0. The van der Waals surface area contributed by atoms with Gasteiger partial charge in [-0.1, -0.05) is 50.6 Å². The highest BCUT2D eigenvalue weighted by Gasteiger charge is 2.40. The lowest BCUT2D eigenvalue weighted by atomic mass is 9.94. The lowest BCUT2D eigenvalue weighted by molar-refractivity contribution is -0.0371. The van der Waals surface area contributed by atoms with Gasteiger partial charge < -0.3 is 9.16 Å². The molecule has 0 spiro atoms. The summed E-state index contributed by atoms with van der Waals surface area (Å²) in [7, 11) is -1.74. The lowest BCUT2D eigenvalue weighted by Gasteiger charge is -2.37. The summed E-state index contributed by atoms with van der Waals surface area (Å²) in [5.74, 6) is 0. The van der Waals surface area contributed by atoms with Crippen molar-refractivity contribution >= 4 is 8.32 Å². The first-order valence-electron chi connectivity index (χ1n) is 8.53. The fraction of sp³-hybridized carbons (Fsp3) is 0.600. The summed E-state index contributed by atoms with van der Waals surface area (Å²) in [5.41, 5.74) is 3.40. The molecule has 1 aromatic rings. The fourth-order valence-electron chi connectivity index (χ4n) is 2.65. The van der Waals surface area contributed by atoms with E-state index in [0.717, 1.165) is 0 Å². The molecule has 0 saturated carbocycles. The van der Waals surface area contributed by atoms with Crippen molar-refractivity contribution in [1.29, 1.82) is 0 Å². The number of aryl methyl sites for hydroxylation is 1. The van der Waals surface area contributed by atoms with Crippen LogP contribution in [-0.2, 0) is 14.8 Å². The third-order valence-corrected chi connectivity index (χ3v) is 9.93. The van der Waals surface area contributed by atoms with Crippen molar-refractivity contribution in [2.24, 2.45) is 0 Å². The first kappa shape index (κ1) is 18.4. The Hall–Kier alpha value is -0.903. The van der Waals surface area contributed by atoms with Crippen LogP contribution >= 0.6 is 0 Å². The number of benzene rings is 1. The minimum atomic E-state index is -1.74. The van der Waals surface area contributed by atoms with E-state index >= 15 is 0 Å². The van der Waals surface area contributed by atoms with Crippen LogP contribution in [0.3, 0.4) is 0 Å². The van der Waals surface area contributed by atoms with Crippen LogP contribution in [0.25, 0.3) is 0 Å². The van der Waals surface area contributed by atoms with Gasteiger partial charge in [0.25, 0.3) is 0 Å². The Morgan fingerprint density at radius 3 is 2.22 bits per heavy atom. The van der Waals surface area contributed by atoms with Crippen molar-refractivity contribution in [3.8, 4) is 0 Å². The molecule has 0 aliphatic carbocycles. The lowest BCUT2D eigenvalue weighted by Crippen LogP contribution is -2.43. The number of ether oxygens (including phenoxy) is 1. The first-order valence-corrected chi connectivity index (χ1v) is 11.4. The zero-order valence-corrected chi connectivity index (χ0v) is 17.0. The molecule has 2 nitrogen and oxygen atoms in total. The van der Waals surface area contributed by atoms with Crippen LogP contribution in [0, 0.1) is 6.92 Å². The predicted octanol–water partition coefficient (Wildman–Crippen LogP) is 5.58. The Kier molecular flexibility index (Phi) is 4.96. The molecule has 1 aromatic carbocycles. The Bertz CT molecular complexity index is 581. The number of rotatable bonds is 4. The highest BCUT2D eigenvalue weighted by atomic mass is 28.4. The predicted molar refractivity (Wildman–Crippen MR) is 100 cm³/mol. The normalized spacial score (nSPS) is 25.6. The summed E-state index contributed by atoms with van der Waals surface area (Å²) in [6.07, 6.45) is 2.30. The molecule has 0 bridgehead atoms. The van der Waals surface area contributed by atoms with Gasteiger partial charge >= 0.3 is 0 Å². The quantitative estimate of drug-likeness (QED) is 0.529. The van der Waals surface area contributed by atoms with Gasteiger partial charge in [-0.15, -0.1) is 0 Å². The van der Waals surface area contributed by atoms with Crippen molar-refractivity contribution in [1.82, 2.24) is 0 Å². The second kappa shape index (κ2) is 6.19. The van der Waals surface area contributed by atoms with Crippen LogP contribution in [0.4, 0.5) is 0 Å². The molecular formula is C20H32O2Si. The second-order valence-electron chi connectivity index (χ2n) is 8.54. The average Bonchev–Trinajstić information content (AvgIpc) is 2.72. The van der Waals surface area contributed by atoms with E-state index in [0.29, 0.717) is 6.61 Å². The van der Waals surface area contributed by atoms with E-state index in [2.05, 4.69) is 85.0 Å². The van der Waals surface area contributed by atoms with Crippen molar-refractivity contribution in [2.75, 3.05) is 6.61 Å². The van der Waals surface area contributed by atoms with E-state index in [1.54, 1.807) is 0 Å². The van der Waals surface area contributed by atoms with Crippen LogP contribution in [-0.4, -0.2) is 21.0 Å². The molecule has 3 heteroatoms. The molecule has 2 atom stereocenters. The molecule has 128 valence electrons. The summed E-state index contributed by atoms with van der Waals surface area (Å²) >= 11 is 0. The molecule has 0 aromatic heterocycles. The van der Waals surface area contributed by atoms with Gasteiger partial charge in [-0.05, 0) is 56.1 Å². The molecule has 0 unspecified atom stereocenters. The van der Waals surface area contributed by atoms with E-state index in [1.165, 1.54) is 16.7 Å². The smallest absolute Gasteiger partial charge is 0.192 e. The molecule has 1 aliphatic heterocycles. The molecule has 1 heterocycles. The van der Waals surface area contributed by atoms with Crippen molar-refractivity contribution in [3.63, 3.8) is 0 Å². The van der Waals surface area contributed by atoms with Gasteiger partial charge in [0.1, 0.15) is 11.7 Å². The summed E-state index contributed by atoms with van der Waals surface area (Å²) in [4.78, 5) is 0. The van der Waals surface area contributed by atoms with Crippen LogP contribution in [0.15, 0.2) is 35.9 Å². The van der Waals surface area contributed by atoms with Crippen molar-refractivity contribution < 1.29 is 9.16 Å². The van der Waals surface area contributed by atoms with Crippen molar-refractivity contribution in [3.05, 3.63) is 47.0 Å². The van der Waals surface area contributed by atoms with E-state index in [9.17, 15) is 0 Å². The maximum Gasteiger partial charge on any atom is 0.192 e. The van der Waals surface area contributed by atoms with Gasteiger partial charge in [0.05, 0.1) is 6.61 Å². The highest BCUT2D eigenvalue weighted by molar-refractivity contribution is 6.74. The van der Waals surface area contributed by atoms with Gasteiger partial charge in [-0.3, -0.25) is 0 Å². The minimum absolute atomic E-state index is 0.0513. The first-order chi connectivity index (χ1) is 10.4. The molecule has 2 rings (SSSR count). The van der Waals surface area contributed by atoms with Crippen LogP contribution < -0.4 is 0 Å².